The van der Waals surface area contributed by atoms with Crippen molar-refractivity contribution in [2.75, 3.05) is 13.2 Å². The molecule has 0 heterocycles. The number of aliphatic carboxylic acids is 1. The Hall–Kier alpha value is -3.26. The molecule has 5 heteroatoms. The van der Waals surface area contributed by atoms with Gasteiger partial charge in [0, 0.05) is 5.56 Å². The summed E-state index contributed by atoms with van der Waals surface area (Å²) >= 11 is 0. The monoisotopic (exact) mass is 323 g/mol. The predicted octanol–water partition coefficient (Wildman–Crippen LogP) is 3.44. The van der Waals surface area contributed by atoms with Gasteiger partial charge in [0.15, 0.2) is 0 Å². The van der Waals surface area contributed by atoms with E-state index in [-0.39, 0.29) is 5.57 Å². The smallest absolute Gasteiger partial charge is 0.346 e. The second-order valence-corrected chi connectivity index (χ2v) is 5.03. The molecule has 2 aromatic rings. The van der Waals surface area contributed by atoms with Crippen molar-refractivity contribution < 1.29 is 19.4 Å². The summed E-state index contributed by atoms with van der Waals surface area (Å²) in [5.41, 5.74) is 1.30. The van der Waals surface area contributed by atoms with Gasteiger partial charge < -0.3 is 14.6 Å². The summed E-state index contributed by atoms with van der Waals surface area (Å²) in [6.45, 7) is 2.64. The topological polar surface area (TPSA) is 79.5 Å². The lowest BCUT2D eigenvalue weighted by Crippen LogP contribution is -2.09. The van der Waals surface area contributed by atoms with Gasteiger partial charge in [0.25, 0.3) is 0 Å². The van der Waals surface area contributed by atoms with Crippen molar-refractivity contribution >= 4 is 12.0 Å². The van der Waals surface area contributed by atoms with Crippen LogP contribution < -0.4 is 9.47 Å². The molecule has 5 nitrogen and oxygen atoms in total. The van der Waals surface area contributed by atoms with Crippen molar-refractivity contribution in [2.45, 2.75) is 6.92 Å². The van der Waals surface area contributed by atoms with Crippen LogP contribution in [0.3, 0.4) is 0 Å². The Balaban J connectivity index is 1.98. The van der Waals surface area contributed by atoms with E-state index >= 15 is 0 Å². The first kappa shape index (κ1) is 17.1. The Morgan fingerprint density at radius 1 is 1.17 bits per heavy atom. The largest absolute Gasteiger partial charge is 0.490 e. The second-order valence-electron chi connectivity index (χ2n) is 5.03. The van der Waals surface area contributed by atoms with Crippen LogP contribution in [0, 0.1) is 18.3 Å². The van der Waals surface area contributed by atoms with Gasteiger partial charge in [-0.2, -0.15) is 5.26 Å². The van der Waals surface area contributed by atoms with Crippen molar-refractivity contribution in [1.82, 2.24) is 0 Å². The molecule has 0 spiro atoms. The summed E-state index contributed by atoms with van der Waals surface area (Å²) in [4.78, 5) is 10.9. The molecule has 0 unspecified atom stereocenters. The van der Waals surface area contributed by atoms with E-state index < -0.39 is 5.97 Å². The lowest BCUT2D eigenvalue weighted by molar-refractivity contribution is -0.132. The summed E-state index contributed by atoms with van der Waals surface area (Å²) in [6, 6.07) is 16.3. The number of carbonyl (C=O) groups is 1. The number of rotatable bonds is 7. The fourth-order valence-corrected chi connectivity index (χ4v) is 2.04. The summed E-state index contributed by atoms with van der Waals surface area (Å²) in [7, 11) is 0. The quantitative estimate of drug-likeness (QED) is 0.479. The third kappa shape index (κ3) is 4.89. The normalized spacial score (nSPS) is 10.8. The Bertz CT molecular complexity index is 790. The Labute approximate surface area is 140 Å². The molecule has 0 saturated carbocycles. The van der Waals surface area contributed by atoms with Gasteiger partial charge in [-0.15, -0.1) is 0 Å². The van der Waals surface area contributed by atoms with Gasteiger partial charge in [-0.1, -0.05) is 30.3 Å². The van der Waals surface area contributed by atoms with Gasteiger partial charge in [0.2, 0.25) is 0 Å². The second kappa shape index (κ2) is 8.39. The number of carboxylic acids is 1. The van der Waals surface area contributed by atoms with Crippen LogP contribution in [0.25, 0.3) is 6.08 Å². The van der Waals surface area contributed by atoms with Crippen molar-refractivity contribution in [3.05, 3.63) is 65.2 Å². The van der Waals surface area contributed by atoms with E-state index in [0.29, 0.717) is 24.5 Å². The minimum atomic E-state index is -1.27. The first-order chi connectivity index (χ1) is 11.6. The predicted molar refractivity (Wildman–Crippen MR) is 89.8 cm³/mol. The van der Waals surface area contributed by atoms with E-state index in [1.54, 1.807) is 30.3 Å². The Morgan fingerprint density at radius 2 is 1.92 bits per heavy atom. The standard InChI is InChI=1S/C19H17NO4/c1-14-5-4-7-17(11-14)23-9-10-24-18-8-3-2-6-15(18)12-16(13-20)19(21)22/h2-8,11-12H,9-10H2,1H3,(H,21,22). The maximum Gasteiger partial charge on any atom is 0.346 e. The van der Waals surface area contributed by atoms with Crippen molar-refractivity contribution in [3.63, 3.8) is 0 Å². The van der Waals surface area contributed by atoms with Crippen molar-refractivity contribution in [1.29, 1.82) is 5.26 Å². The van der Waals surface area contributed by atoms with Crippen LogP contribution in [0.1, 0.15) is 11.1 Å². The maximum absolute atomic E-state index is 10.9. The molecule has 0 radical (unpaired) electrons. The number of benzene rings is 2. The fraction of sp³-hybridized carbons (Fsp3) is 0.158. The molecule has 0 aliphatic rings. The molecule has 2 rings (SSSR count). The lowest BCUT2D eigenvalue weighted by Gasteiger charge is -2.11. The molecule has 122 valence electrons. The molecular weight excluding hydrogens is 306 g/mol. The highest BCUT2D eigenvalue weighted by atomic mass is 16.5. The summed E-state index contributed by atoms with van der Waals surface area (Å²) < 4.78 is 11.2. The number of hydrogen-bond donors (Lipinski definition) is 1. The molecule has 0 aliphatic carbocycles. The van der Waals surface area contributed by atoms with Crippen LogP contribution in [0.4, 0.5) is 0 Å². The molecule has 1 N–H and O–H groups in total. The van der Waals surface area contributed by atoms with Gasteiger partial charge >= 0.3 is 5.97 Å². The van der Waals surface area contributed by atoms with Crippen LogP contribution in [-0.2, 0) is 4.79 Å². The highest BCUT2D eigenvalue weighted by Gasteiger charge is 2.08. The van der Waals surface area contributed by atoms with Gasteiger partial charge in [0.1, 0.15) is 36.4 Å². The Kier molecular flexibility index (Phi) is 5.98. The van der Waals surface area contributed by atoms with E-state index in [1.807, 2.05) is 31.2 Å². The van der Waals surface area contributed by atoms with Crippen LogP contribution in [-0.4, -0.2) is 24.3 Å². The number of ether oxygens (including phenoxy) is 2. The minimum Gasteiger partial charge on any atom is -0.490 e. The Morgan fingerprint density at radius 3 is 2.62 bits per heavy atom. The van der Waals surface area contributed by atoms with Crippen molar-refractivity contribution in [2.24, 2.45) is 0 Å². The average molecular weight is 323 g/mol. The first-order valence-corrected chi connectivity index (χ1v) is 7.36. The van der Waals surface area contributed by atoms with E-state index in [1.165, 1.54) is 6.08 Å². The number of nitriles is 1. The molecule has 0 amide bonds. The average Bonchev–Trinajstić information content (AvgIpc) is 2.57. The van der Waals surface area contributed by atoms with Crippen LogP contribution in [0.5, 0.6) is 11.5 Å². The van der Waals surface area contributed by atoms with Crippen LogP contribution in [0.2, 0.25) is 0 Å². The molecule has 0 saturated heterocycles. The summed E-state index contributed by atoms with van der Waals surface area (Å²) in [6.07, 6.45) is 1.29. The summed E-state index contributed by atoms with van der Waals surface area (Å²) in [5.74, 6) is -0.00106. The number of carboxylic acid groups (broad SMARTS) is 1. The third-order valence-electron chi connectivity index (χ3n) is 3.17. The number of nitrogens with zero attached hydrogens (tertiary/aromatic N) is 1. The summed E-state index contributed by atoms with van der Waals surface area (Å²) in [5, 5.41) is 17.8. The third-order valence-corrected chi connectivity index (χ3v) is 3.17. The fourth-order valence-electron chi connectivity index (χ4n) is 2.04. The SMILES string of the molecule is Cc1cccc(OCCOc2ccccc2C=C(C#N)C(=O)O)c1. The molecule has 24 heavy (non-hydrogen) atoms. The molecule has 0 atom stereocenters. The van der Waals surface area contributed by atoms with Crippen LogP contribution >= 0.6 is 0 Å². The van der Waals surface area contributed by atoms with Gasteiger partial charge in [-0.05, 0) is 36.8 Å². The van der Waals surface area contributed by atoms with E-state index in [4.69, 9.17) is 19.8 Å². The number of aryl methyl sites for hydroxylation is 1. The molecule has 2 aromatic carbocycles. The number of hydrogen-bond acceptors (Lipinski definition) is 4. The first-order valence-electron chi connectivity index (χ1n) is 7.36. The van der Waals surface area contributed by atoms with E-state index in [0.717, 1.165) is 11.3 Å². The zero-order valence-electron chi connectivity index (χ0n) is 13.2. The van der Waals surface area contributed by atoms with Gasteiger partial charge in [-0.25, -0.2) is 4.79 Å². The zero-order valence-corrected chi connectivity index (χ0v) is 13.2. The lowest BCUT2D eigenvalue weighted by atomic mass is 10.1. The molecule has 0 fully saturated rings. The maximum atomic E-state index is 10.9. The molecule has 0 aliphatic heterocycles. The van der Waals surface area contributed by atoms with Crippen LogP contribution in [0.15, 0.2) is 54.1 Å². The zero-order chi connectivity index (χ0) is 17.4. The number of para-hydroxylation sites is 1. The van der Waals surface area contributed by atoms with Gasteiger partial charge in [-0.3, -0.25) is 0 Å². The molecule has 0 bridgehead atoms. The molecular formula is C19H17NO4. The highest BCUT2D eigenvalue weighted by Crippen LogP contribution is 2.21. The van der Waals surface area contributed by atoms with Crippen molar-refractivity contribution in [3.8, 4) is 17.6 Å². The highest BCUT2D eigenvalue weighted by molar-refractivity contribution is 5.96. The minimum absolute atomic E-state index is 0.299. The van der Waals surface area contributed by atoms with E-state index in [2.05, 4.69) is 0 Å². The van der Waals surface area contributed by atoms with E-state index in [9.17, 15) is 4.79 Å². The van der Waals surface area contributed by atoms with Gasteiger partial charge in [0.05, 0.1) is 0 Å². The molecule has 0 aromatic heterocycles.